The largest absolute Gasteiger partial charge is 0.458 e. The first-order valence-corrected chi connectivity index (χ1v) is 5.33. The zero-order valence-electron chi connectivity index (χ0n) is 9.41. The van der Waals surface area contributed by atoms with E-state index in [0.29, 0.717) is 5.56 Å². The molecule has 0 saturated heterocycles. The van der Waals surface area contributed by atoms with Gasteiger partial charge >= 0.3 is 5.97 Å². The molecule has 0 saturated carbocycles. The van der Waals surface area contributed by atoms with Crippen molar-refractivity contribution in [2.45, 2.75) is 32.8 Å². The van der Waals surface area contributed by atoms with E-state index >= 15 is 0 Å². The average molecular weight is 215 g/mol. The number of nitriles is 1. The number of nitrogens with zero attached hydrogens (tertiary/aromatic N) is 1. The third kappa shape index (κ3) is 1.67. The van der Waals surface area contributed by atoms with Crippen molar-refractivity contribution in [3.8, 4) is 6.07 Å². The van der Waals surface area contributed by atoms with Crippen LogP contribution in [0.2, 0.25) is 0 Å². The smallest absolute Gasteiger partial charge is 0.303 e. The zero-order valence-corrected chi connectivity index (χ0v) is 9.41. The molecule has 3 heteroatoms. The summed E-state index contributed by atoms with van der Waals surface area (Å²) < 4.78 is 5.24. The fourth-order valence-electron chi connectivity index (χ4n) is 2.29. The Morgan fingerprint density at radius 2 is 2.31 bits per heavy atom. The summed E-state index contributed by atoms with van der Waals surface area (Å²) in [6.45, 7) is 3.38. The second-order valence-corrected chi connectivity index (χ2v) is 4.05. The lowest BCUT2D eigenvalue weighted by atomic mass is 9.99. The molecule has 2 rings (SSSR count). The highest BCUT2D eigenvalue weighted by Gasteiger charge is 2.26. The van der Waals surface area contributed by atoms with Crippen LogP contribution in [0.4, 0.5) is 0 Å². The van der Waals surface area contributed by atoms with Crippen molar-refractivity contribution in [3.63, 3.8) is 0 Å². The number of rotatable bonds is 1. The van der Waals surface area contributed by atoms with Crippen LogP contribution in [0.1, 0.15) is 41.7 Å². The Balaban J connectivity index is 2.39. The van der Waals surface area contributed by atoms with Crippen molar-refractivity contribution in [2.24, 2.45) is 0 Å². The number of hydrogen-bond acceptors (Lipinski definition) is 3. The molecule has 1 aliphatic rings. The Labute approximate surface area is 94.6 Å². The summed E-state index contributed by atoms with van der Waals surface area (Å²) in [5, 5.41) is 8.93. The molecule has 0 N–H and O–H groups in total. The third-order valence-electron chi connectivity index (χ3n) is 3.07. The summed E-state index contributed by atoms with van der Waals surface area (Å²) in [6, 6.07) is 5.88. The molecule has 1 aromatic rings. The molecule has 16 heavy (non-hydrogen) atoms. The van der Waals surface area contributed by atoms with Crippen molar-refractivity contribution >= 4 is 5.97 Å². The molecule has 1 atom stereocenters. The van der Waals surface area contributed by atoms with Crippen LogP contribution in [0, 0.1) is 18.3 Å². The fraction of sp³-hybridized carbons (Fsp3) is 0.385. The van der Waals surface area contributed by atoms with Gasteiger partial charge in [0.2, 0.25) is 0 Å². The third-order valence-corrected chi connectivity index (χ3v) is 3.07. The number of fused-ring (bicyclic) bond motifs is 1. The Hall–Kier alpha value is -1.82. The van der Waals surface area contributed by atoms with Crippen LogP contribution in [0.3, 0.4) is 0 Å². The summed E-state index contributed by atoms with van der Waals surface area (Å²) in [5.74, 6) is -0.250. The van der Waals surface area contributed by atoms with Gasteiger partial charge in [0.25, 0.3) is 0 Å². The molecule has 1 unspecified atom stereocenters. The predicted octanol–water partition coefficient (Wildman–Crippen LogP) is 2.42. The van der Waals surface area contributed by atoms with E-state index in [1.807, 2.05) is 13.0 Å². The highest BCUT2D eigenvalue weighted by Crippen LogP contribution is 2.36. The van der Waals surface area contributed by atoms with Crippen LogP contribution in [-0.2, 0) is 16.0 Å². The Kier molecular flexibility index (Phi) is 2.66. The van der Waals surface area contributed by atoms with E-state index in [2.05, 4.69) is 6.07 Å². The molecule has 0 spiro atoms. The van der Waals surface area contributed by atoms with Gasteiger partial charge in [0.1, 0.15) is 6.10 Å². The quantitative estimate of drug-likeness (QED) is 0.676. The van der Waals surface area contributed by atoms with Crippen molar-refractivity contribution in [3.05, 3.63) is 34.4 Å². The standard InChI is InChI=1S/C13H13NO2/c1-8-10(7-14)3-4-12-11(8)5-6-13(12)16-9(2)15/h3-4,13H,5-6H2,1-2H3. The Morgan fingerprint density at radius 3 is 2.94 bits per heavy atom. The highest BCUT2D eigenvalue weighted by atomic mass is 16.5. The Morgan fingerprint density at radius 1 is 1.56 bits per heavy atom. The molecule has 0 heterocycles. The molecular weight excluding hydrogens is 202 g/mol. The highest BCUT2D eigenvalue weighted by molar-refractivity contribution is 5.66. The summed E-state index contributed by atoms with van der Waals surface area (Å²) in [6.07, 6.45) is 1.58. The molecular formula is C13H13NO2. The van der Waals surface area contributed by atoms with Crippen molar-refractivity contribution in [1.82, 2.24) is 0 Å². The van der Waals surface area contributed by atoms with Gasteiger partial charge in [-0.25, -0.2) is 0 Å². The van der Waals surface area contributed by atoms with E-state index < -0.39 is 0 Å². The molecule has 0 bridgehead atoms. The van der Waals surface area contributed by atoms with E-state index in [-0.39, 0.29) is 12.1 Å². The van der Waals surface area contributed by atoms with Gasteiger partial charge in [0.05, 0.1) is 11.6 Å². The van der Waals surface area contributed by atoms with Gasteiger partial charge in [-0.2, -0.15) is 5.26 Å². The maximum atomic E-state index is 10.9. The topological polar surface area (TPSA) is 50.1 Å². The molecule has 0 aliphatic heterocycles. The molecule has 0 fully saturated rings. The maximum Gasteiger partial charge on any atom is 0.303 e. The van der Waals surface area contributed by atoms with Crippen LogP contribution in [0.15, 0.2) is 12.1 Å². The number of benzene rings is 1. The van der Waals surface area contributed by atoms with Crippen LogP contribution in [0.5, 0.6) is 0 Å². The number of esters is 1. The molecule has 0 amide bonds. The molecule has 82 valence electrons. The van der Waals surface area contributed by atoms with Crippen LogP contribution in [-0.4, -0.2) is 5.97 Å². The number of ether oxygens (including phenoxy) is 1. The lowest BCUT2D eigenvalue weighted by molar-refractivity contribution is -0.146. The summed E-state index contributed by atoms with van der Waals surface area (Å²) in [4.78, 5) is 10.9. The minimum absolute atomic E-state index is 0.126. The molecule has 1 aliphatic carbocycles. The molecule has 0 radical (unpaired) electrons. The first-order chi connectivity index (χ1) is 7.63. The van der Waals surface area contributed by atoms with E-state index in [0.717, 1.165) is 24.0 Å². The van der Waals surface area contributed by atoms with Crippen molar-refractivity contribution in [1.29, 1.82) is 5.26 Å². The normalized spacial score (nSPS) is 17.7. The second kappa shape index (κ2) is 3.97. The monoisotopic (exact) mass is 215 g/mol. The average Bonchev–Trinajstić information content (AvgIpc) is 2.62. The van der Waals surface area contributed by atoms with Gasteiger partial charge in [0.15, 0.2) is 0 Å². The van der Waals surface area contributed by atoms with Crippen molar-refractivity contribution < 1.29 is 9.53 Å². The first-order valence-electron chi connectivity index (χ1n) is 5.33. The van der Waals surface area contributed by atoms with Gasteiger partial charge in [-0.05, 0) is 42.5 Å². The predicted molar refractivity (Wildman–Crippen MR) is 58.7 cm³/mol. The van der Waals surface area contributed by atoms with Gasteiger partial charge in [-0.15, -0.1) is 0 Å². The lowest BCUT2D eigenvalue weighted by Crippen LogP contribution is -2.05. The summed E-state index contributed by atoms with van der Waals surface area (Å²) >= 11 is 0. The minimum atomic E-state index is -0.250. The first kappa shape index (κ1) is 10.7. The molecule has 1 aromatic carbocycles. The molecule has 3 nitrogen and oxygen atoms in total. The minimum Gasteiger partial charge on any atom is -0.458 e. The van der Waals surface area contributed by atoms with E-state index in [1.54, 1.807) is 6.07 Å². The lowest BCUT2D eigenvalue weighted by Gasteiger charge is -2.12. The van der Waals surface area contributed by atoms with Gasteiger partial charge in [-0.1, -0.05) is 6.07 Å². The number of hydrogen-bond donors (Lipinski definition) is 0. The zero-order chi connectivity index (χ0) is 11.7. The maximum absolute atomic E-state index is 10.9. The fourth-order valence-corrected chi connectivity index (χ4v) is 2.29. The van der Waals surface area contributed by atoms with Gasteiger partial charge in [-0.3, -0.25) is 4.79 Å². The van der Waals surface area contributed by atoms with E-state index in [1.165, 1.54) is 12.5 Å². The number of carbonyl (C=O) groups excluding carboxylic acids is 1. The SMILES string of the molecule is CC(=O)OC1CCc2c1ccc(C#N)c2C. The summed E-state index contributed by atoms with van der Waals surface area (Å²) in [5.41, 5.74) is 3.97. The second-order valence-electron chi connectivity index (χ2n) is 4.05. The van der Waals surface area contributed by atoms with Crippen LogP contribution < -0.4 is 0 Å². The Bertz CT molecular complexity index is 485. The van der Waals surface area contributed by atoms with Crippen molar-refractivity contribution in [2.75, 3.05) is 0 Å². The van der Waals surface area contributed by atoms with Crippen LogP contribution in [0.25, 0.3) is 0 Å². The number of carbonyl (C=O) groups is 1. The van der Waals surface area contributed by atoms with E-state index in [9.17, 15) is 4.79 Å². The van der Waals surface area contributed by atoms with Gasteiger partial charge < -0.3 is 4.74 Å². The van der Waals surface area contributed by atoms with Crippen LogP contribution >= 0.6 is 0 Å². The summed E-state index contributed by atoms with van der Waals surface area (Å²) in [7, 11) is 0. The van der Waals surface area contributed by atoms with E-state index in [4.69, 9.17) is 10.00 Å². The molecule has 0 aromatic heterocycles. The van der Waals surface area contributed by atoms with Gasteiger partial charge in [0, 0.05) is 6.92 Å².